The van der Waals surface area contributed by atoms with Crippen molar-refractivity contribution in [1.29, 1.82) is 0 Å². The number of halogens is 3. The van der Waals surface area contributed by atoms with E-state index in [4.69, 9.17) is 0 Å². The van der Waals surface area contributed by atoms with E-state index in [2.05, 4.69) is 8.60 Å². The fourth-order valence-electron chi connectivity index (χ4n) is 1.46. The molecule has 1 aromatic heterocycles. The first-order chi connectivity index (χ1) is 10.0. The van der Waals surface area contributed by atoms with Gasteiger partial charge in [-0.15, -0.1) is 0 Å². The van der Waals surface area contributed by atoms with Crippen LogP contribution in [-0.2, 0) is 10.1 Å². The van der Waals surface area contributed by atoms with Crippen molar-refractivity contribution in [3.05, 3.63) is 40.2 Å². The quantitative estimate of drug-likeness (QED) is 0.452. The Morgan fingerprint density at radius 2 is 1.86 bits per heavy atom. The molecule has 0 amide bonds. The summed E-state index contributed by atoms with van der Waals surface area (Å²) in [5.41, 5.74) is -8.07. The lowest BCUT2D eigenvalue weighted by molar-refractivity contribution is -0.255. The van der Waals surface area contributed by atoms with Crippen molar-refractivity contribution >= 4 is 27.1 Å². The summed E-state index contributed by atoms with van der Waals surface area (Å²) in [5.74, 6) is -2.55. The molecular formula is C11H4F3O7S-. The van der Waals surface area contributed by atoms with E-state index in [1.165, 1.54) is 0 Å². The summed E-state index contributed by atoms with van der Waals surface area (Å²) in [6.45, 7) is 0. The Hall–Kier alpha value is -2.56. The van der Waals surface area contributed by atoms with Crippen molar-refractivity contribution < 1.29 is 40.1 Å². The van der Waals surface area contributed by atoms with E-state index in [0.29, 0.717) is 6.07 Å². The van der Waals surface area contributed by atoms with Gasteiger partial charge in [0.2, 0.25) is 0 Å². The van der Waals surface area contributed by atoms with E-state index in [1.807, 2.05) is 0 Å². The fraction of sp³-hybridized carbons (Fsp3) is 0.0909. The minimum atomic E-state index is -5.88. The third kappa shape index (κ3) is 2.88. The first-order valence-electron chi connectivity index (χ1n) is 5.31. The molecule has 0 aliphatic carbocycles. The number of carboxylic acids is 1. The molecule has 7 nitrogen and oxygen atoms in total. The van der Waals surface area contributed by atoms with Crippen LogP contribution in [-0.4, -0.2) is 19.9 Å². The molecular weight excluding hydrogens is 333 g/mol. The number of carbonyl (C=O) groups excluding carboxylic acids is 1. The van der Waals surface area contributed by atoms with Gasteiger partial charge in [-0.05, 0) is 18.2 Å². The monoisotopic (exact) mass is 337 g/mol. The van der Waals surface area contributed by atoms with E-state index < -0.39 is 38.5 Å². The smallest absolute Gasteiger partial charge is 0.534 e. The van der Waals surface area contributed by atoms with Crippen molar-refractivity contribution in [2.45, 2.75) is 5.51 Å². The molecule has 1 aromatic carbocycles. The molecule has 2 rings (SSSR count). The third-order valence-corrected chi connectivity index (χ3v) is 3.40. The van der Waals surface area contributed by atoms with E-state index in [1.54, 1.807) is 0 Å². The van der Waals surface area contributed by atoms with Crippen LogP contribution in [0.25, 0.3) is 11.0 Å². The SMILES string of the molecule is O=C([O-])c1cc2ccc(OS(=O)(=O)C(F)(F)F)cc2oc1=O. The van der Waals surface area contributed by atoms with Gasteiger partial charge in [-0.3, -0.25) is 0 Å². The predicted octanol–water partition coefficient (Wildman–Crippen LogP) is 0.385. The number of aromatic carboxylic acids is 1. The van der Waals surface area contributed by atoms with E-state index >= 15 is 0 Å². The summed E-state index contributed by atoms with van der Waals surface area (Å²) in [4.78, 5) is 21.9. The highest BCUT2D eigenvalue weighted by atomic mass is 32.2. The van der Waals surface area contributed by atoms with Crippen LogP contribution < -0.4 is 14.9 Å². The van der Waals surface area contributed by atoms with Crippen LogP contribution in [0.1, 0.15) is 10.4 Å². The molecule has 0 atom stereocenters. The number of fused-ring (bicyclic) bond motifs is 1. The van der Waals surface area contributed by atoms with Crippen LogP contribution in [0.4, 0.5) is 13.2 Å². The number of hydrogen-bond acceptors (Lipinski definition) is 7. The highest BCUT2D eigenvalue weighted by molar-refractivity contribution is 7.88. The molecule has 0 radical (unpaired) electrons. The van der Waals surface area contributed by atoms with Crippen LogP contribution >= 0.6 is 0 Å². The molecule has 0 aliphatic heterocycles. The van der Waals surface area contributed by atoms with Crippen LogP contribution in [0.2, 0.25) is 0 Å². The molecule has 0 spiro atoms. The summed E-state index contributed by atoms with van der Waals surface area (Å²) in [7, 11) is -5.88. The molecule has 0 aliphatic rings. The number of alkyl halides is 3. The molecule has 22 heavy (non-hydrogen) atoms. The van der Waals surface area contributed by atoms with Gasteiger partial charge in [-0.25, -0.2) is 4.79 Å². The highest BCUT2D eigenvalue weighted by Crippen LogP contribution is 2.28. The van der Waals surface area contributed by atoms with Gasteiger partial charge in [0.15, 0.2) is 0 Å². The van der Waals surface area contributed by atoms with Gasteiger partial charge in [-0.2, -0.15) is 21.6 Å². The van der Waals surface area contributed by atoms with Gasteiger partial charge in [0.1, 0.15) is 11.3 Å². The van der Waals surface area contributed by atoms with Gasteiger partial charge in [0.25, 0.3) is 0 Å². The summed E-state index contributed by atoms with van der Waals surface area (Å²) < 4.78 is 66.6. The molecule has 11 heteroatoms. The highest BCUT2D eigenvalue weighted by Gasteiger charge is 2.48. The Kier molecular flexibility index (Phi) is 3.61. The zero-order valence-corrected chi connectivity index (χ0v) is 11.0. The lowest BCUT2D eigenvalue weighted by Gasteiger charge is -2.09. The van der Waals surface area contributed by atoms with Crippen LogP contribution in [0.15, 0.2) is 33.5 Å². The summed E-state index contributed by atoms with van der Waals surface area (Å²) >= 11 is 0. The standard InChI is InChI=1S/C11H5F3O7S/c12-11(13,14)22(18,19)21-6-2-1-5-3-7(9(15)16)10(17)20-8(5)4-6/h1-4H,(H,15,16)/p-1. The average Bonchev–Trinajstić information content (AvgIpc) is 2.35. The van der Waals surface area contributed by atoms with Gasteiger partial charge < -0.3 is 18.5 Å². The second kappa shape index (κ2) is 5.02. The van der Waals surface area contributed by atoms with Gasteiger partial charge in [-0.1, -0.05) is 0 Å². The Morgan fingerprint density at radius 1 is 1.23 bits per heavy atom. The molecule has 0 bridgehead atoms. The maximum atomic E-state index is 12.2. The Morgan fingerprint density at radius 3 is 2.41 bits per heavy atom. The summed E-state index contributed by atoms with van der Waals surface area (Å²) in [5, 5.41) is 10.7. The fourth-order valence-corrected chi connectivity index (χ4v) is 1.91. The number of carboxylic acid groups (broad SMARTS) is 1. The largest absolute Gasteiger partial charge is 0.545 e. The molecule has 0 saturated carbocycles. The summed E-state index contributed by atoms with van der Waals surface area (Å²) in [6.07, 6.45) is 0. The lowest BCUT2D eigenvalue weighted by atomic mass is 10.2. The zero-order valence-electron chi connectivity index (χ0n) is 10.2. The van der Waals surface area contributed by atoms with Crippen LogP contribution in [0.3, 0.4) is 0 Å². The maximum absolute atomic E-state index is 12.2. The van der Waals surface area contributed by atoms with Crippen molar-refractivity contribution in [1.82, 2.24) is 0 Å². The summed E-state index contributed by atoms with van der Waals surface area (Å²) in [6, 6.07) is 3.44. The second-order valence-corrected chi connectivity index (χ2v) is 5.46. The zero-order chi connectivity index (χ0) is 16.7. The molecule has 1 heterocycles. The number of benzene rings is 1. The molecule has 0 unspecified atom stereocenters. The minimum Gasteiger partial charge on any atom is -0.545 e. The number of carbonyl (C=O) groups is 1. The second-order valence-electron chi connectivity index (χ2n) is 3.92. The van der Waals surface area contributed by atoms with E-state index in [9.17, 15) is 36.3 Å². The molecule has 0 saturated heterocycles. The Balaban J connectivity index is 2.51. The Bertz CT molecular complexity index is 911. The molecule has 118 valence electrons. The van der Waals surface area contributed by atoms with Gasteiger partial charge in [0, 0.05) is 11.5 Å². The first-order valence-corrected chi connectivity index (χ1v) is 6.72. The first kappa shape index (κ1) is 15.8. The van der Waals surface area contributed by atoms with Crippen LogP contribution in [0, 0.1) is 0 Å². The minimum absolute atomic E-state index is 0.0237. The van der Waals surface area contributed by atoms with Crippen molar-refractivity contribution in [2.24, 2.45) is 0 Å². The topological polar surface area (TPSA) is 114 Å². The van der Waals surface area contributed by atoms with Crippen LogP contribution in [0.5, 0.6) is 5.75 Å². The Labute approximate surface area is 119 Å². The number of rotatable bonds is 3. The third-order valence-electron chi connectivity index (χ3n) is 2.42. The molecule has 0 N–H and O–H groups in total. The van der Waals surface area contributed by atoms with Crippen molar-refractivity contribution in [2.75, 3.05) is 0 Å². The van der Waals surface area contributed by atoms with E-state index in [0.717, 1.165) is 18.2 Å². The van der Waals surface area contributed by atoms with Gasteiger partial charge >= 0.3 is 21.3 Å². The molecule has 2 aromatic rings. The van der Waals surface area contributed by atoms with Gasteiger partial charge in [0.05, 0.1) is 11.5 Å². The lowest BCUT2D eigenvalue weighted by Crippen LogP contribution is -2.28. The number of hydrogen-bond donors (Lipinski definition) is 0. The molecule has 0 fully saturated rings. The van der Waals surface area contributed by atoms with E-state index in [-0.39, 0.29) is 11.0 Å². The average molecular weight is 337 g/mol. The predicted molar refractivity (Wildman–Crippen MR) is 62.4 cm³/mol. The normalized spacial score (nSPS) is 12.3. The maximum Gasteiger partial charge on any atom is 0.534 e. The van der Waals surface area contributed by atoms with Crippen molar-refractivity contribution in [3.63, 3.8) is 0 Å². The van der Waals surface area contributed by atoms with Crippen molar-refractivity contribution in [3.8, 4) is 5.75 Å².